The lowest BCUT2D eigenvalue weighted by Crippen LogP contribution is -2.35. The molecule has 0 saturated carbocycles. The summed E-state index contributed by atoms with van der Waals surface area (Å²) in [5.41, 5.74) is 7.80. The number of nitrogens with zero attached hydrogens (tertiary/aromatic N) is 1. The van der Waals surface area contributed by atoms with Crippen LogP contribution >= 0.6 is 0 Å². The van der Waals surface area contributed by atoms with Gasteiger partial charge in [-0.1, -0.05) is 0 Å². The second-order valence-electron chi connectivity index (χ2n) is 4.57. The lowest BCUT2D eigenvalue weighted by Gasteiger charge is -2.27. The fourth-order valence-corrected chi connectivity index (χ4v) is 2.15. The van der Waals surface area contributed by atoms with Crippen LogP contribution in [0.3, 0.4) is 0 Å². The lowest BCUT2D eigenvalue weighted by atomic mass is 10.1. The van der Waals surface area contributed by atoms with Crippen LogP contribution in [0.2, 0.25) is 0 Å². The van der Waals surface area contributed by atoms with E-state index in [4.69, 9.17) is 10.5 Å². The van der Waals surface area contributed by atoms with Crippen molar-refractivity contribution in [2.24, 2.45) is 0 Å². The van der Waals surface area contributed by atoms with Crippen LogP contribution in [-0.2, 0) is 11.3 Å². The van der Waals surface area contributed by atoms with E-state index in [0.717, 1.165) is 18.7 Å². The molecule has 106 valence electrons. The highest BCUT2D eigenvalue weighted by Gasteiger charge is 2.16. The average Bonchev–Trinajstić information content (AvgIpc) is 2.35. The summed E-state index contributed by atoms with van der Waals surface area (Å²) in [4.78, 5) is 2.21. The van der Waals surface area contributed by atoms with Crippen LogP contribution in [0.25, 0.3) is 0 Å². The highest BCUT2D eigenvalue weighted by molar-refractivity contribution is 5.52. The van der Waals surface area contributed by atoms with Crippen molar-refractivity contribution in [3.8, 4) is 5.75 Å². The third-order valence-corrected chi connectivity index (χ3v) is 3.20. The van der Waals surface area contributed by atoms with Gasteiger partial charge in [-0.3, -0.25) is 4.90 Å². The molecule has 1 aliphatic rings. The summed E-state index contributed by atoms with van der Waals surface area (Å²) in [6.45, 7) is 2.66. The molecule has 6 heteroatoms. The molecule has 0 atom stereocenters. The monoisotopic (exact) mass is 272 g/mol. The van der Waals surface area contributed by atoms with Crippen LogP contribution in [0.4, 0.5) is 14.5 Å². The Morgan fingerprint density at radius 2 is 2.05 bits per heavy atom. The van der Waals surface area contributed by atoms with Gasteiger partial charge in [-0.2, -0.15) is 8.78 Å². The van der Waals surface area contributed by atoms with Crippen LogP contribution in [0.15, 0.2) is 12.1 Å². The molecular weight excluding hydrogens is 254 g/mol. The van der Waals surface area contributed by atoms with E-state index in [1.807, 2.05) is 6.07 Å². The smallest absolute Gasteiger partial charge is 0.387 e. The van der Waals surface area contributed by atoms with E-state index in [2.05, 4.69) is 9.64 Å². The molecule has 1 aromatic rings. The Kier molecular flexibility index (Phi) is 4.55. The SMILES string of the molecule is Cc1c(CN2CCOCC2)cc(N)cc1OC(F)F. The first-order chi connectivity index (χ1) is 9.06. The summed E-state index contributed by atoms with van der Waals surface area (Å²) in [5.74, 6) is 0.151. The van der Waals surface area contributed by atoms with E-state index in [-0.39, 0.29) is 5.75 Å². The molecule has 1 aliphatic heterocycles. The summed E-state index contributed by atoms with van der Waals surface area (Å²) in [6, 6.07) is 3.24. The first-order valence-corrected chi connectivity index (χ1v) is 6.20. The number of hydrogen-bond donors (Lipinski definition) is 1. The molecule has 4 nitrogen and oxygen atoms in total. The summed E-state index contributed by atoms with van der Waals surface area (Å²) in [5, 5.41) is 0. The summed E-state index contributed by atoms with van der Waals surface area (Å²) in [7, 11) is 0. The normalized spacial score (nSPS) is 16.8. The minimum absolute atomic E-state index is 0.151. The maximum Gasteiger partial charge on any atom is 0.387 e. The molecule has 0 unspecified atom stereocenters. The number of alkyl halides is 2. The van der Waals surface area contributed by atoms with Crippen molar-refractivity contribution >= 4 is 5.69 Å². The van der Waals surface area contributed by atoms with Gasteiger partial charge in [0.2, 0.25) is 0 Å². The fraction of sp³-hybridized carbons (Fsp3) is 0.538. The van der Waals surface area contributed by atoms with Crippen molar-refractivity contribution in [3.05, 3.63) is 23.3 Å². The van der Waals surface area contributed by atoms with E-state index in [9.17, 15) is 8.78 Å². The van der Waals surface area contributed by atoms with Crippen molar-refractivity contribution in [1.29, 1.82) is 0 Å². The third kappa shape index (κ3) is 3.78. The second-order valence-corrected chi connectivity index (χ2v) is 4.57. The summed E-state index contributed by atoms with van der Waals surface area (Å²) >= 11 is 0. The number of nitrogens with two attached hydrogens (primary N) is 1. The number of rotatable bonds is 4. The molecule has 0 aliphatic carbocycles. The lowest BCUT2D eigenvalue weighted by molar-refractivity contribution is -0.0503. The molecule has 0 aromatic heterocycles. The first-order valence-electron chi connectivity index (χ1n) is 6.20. The van der Waals surface area contributed by atoms with Crippen LogP contribution < -0.4 is 10.5 Å². The van der Waals surface area contributed by atoms with Gasteiger partial charge >= 0.3 is 6.61 Å². The minimum atomic E-state index is -2.84. The highest BCUT2D eigenvalue weighted by Crippen LogP contribution is 2.28. The van der Waals surface area contributed by atoms with Crippen molar-refractivity contribution in [3.63, 3.8) is 0 Å². The molecular formula is C13H18F2N2O2. The van der Waals surface area contributed by atoms with Crippen LogP contribution in [-0.4, -0.2) is 37.8 Å². The third-order valence-electron chi connectivity index (χ3n) is 3.20. The Bertz CT molecular complexity index is 435. The second kappa shape index (κ2) is 6.16. The zero-order chi connectivity index (χ0) is 13.8. The molecule has 0 spiro atoms. The zero-order valence-electron chi connectivity index (χ0n) is 10.9. The summed E-state index contributed by atoms with van der Waals surface area (Å²) < 4.78 is 34.4. The van der Waals surface area contributed by atoms with Crippen molar-refractivity contribution in [2.45, 2.75) is 20.1 Å². The molecule has 2 N–H and O–H groups in total. The van der Waals surface area contributed by atoms with Gasteiger partial charge < -0.3 is 15.2 Å². The van der Waals surface area contributed by atoms with Gasteiger partial charge in [-0.25, -0.2) is 0 Å². The Morgan fingerprint density at radius 1 is 1.37 bits per heavy atom. The van der Waals surface area contributed by atoms with Gasteiger partial charge in [0, 0.05) is 31.4 Å². The maximum atomic E-state index is 12.3. The molecule has 1 heterocycles. The van der Waals surface area contributed by atoms with Crippen molar-refractivity contribution in [1.82, 2.24) is 4.90 Å². The molecule has 19 heavy (non-hydrogen) atoms. The van der Waals surface area contributed by atoms with E-state index < -0.39 is 6.61 Å². The number of halogens is 2. The maximum absolute atomic E-state index is 12.3. The standard InChI is InChI=1S/C13H18F2N2O2/c1-9-10(8-17-2-4-18-5-3-17)6-11(16)7-12(9)19-13(14)15/h6-7,13H,2-5,8,16H2,1H3. The zero-order valence-corrected chi connectivity index (χ0v) is 10.9. The number of anilines is 1. The highest BCUT2D eigenvalue weighted by atomic mass is 19.3. The van der Waals surface area contributed by atoms with Crippen LogP contribution in [0.5, 0.6) is 5.75 Å². The molecule has 1 fully saturated rings. The Labute approximate surface area is 111 Å². The van der Waals surface area contributed by atoms with Gasteiger partial charge in [-0.05, 0) is 24.1 Å². The Hall–Kier alpha value is -1.40. The van der Waals surface area contributed by atoms with Crippen molar-refractivity contribution in [2.75, 3.05) is 32.0 Å². The molecule has 1 aromatic carbocycles. The number of benzene rings is 1. The summed E-state index contributed by atoms with van der Waals surface area (Å²) in [6.07, 6.45) is 0. The number of nitrogen functional groups attached to an aromatic ring is 1. The van der Waals surface area contributed by atoms with Crippen LogP contribution in [0.1, 0.15) is 11.1 Å². The van der Waals surface area contributed by atoms with Crippen LogP contribution in [0, 0.1) is 6.92 Å². The largest absolute Gasteiger partial charge is 0.434 e. The van der Waals surface area contributed by atoms with Gasteiger partial charge in [0.05, 0.1) is 13.2 Å². The average molecular weight is 272 g/mol. The number of morpholine rings is 1. The van der Waals surface area contributed by atoms with Crippen molar-refractivity contribution < 1.29 is 18.3 Å². The molecule has 0 amide bonds. The van der Waals surface area contributed by atoms with Gasteiger partial charge in [0.25, 0.3) is 0 Å². The van der Waals surface area contributed by atoms with E-state index in [1.54, 1.807) is 6.92 Å². The molecule has 0 bridgehead atoms. The van der Waals surface area contributed by atoms with E-state index in [0.29, 0.717) is 31.0 Å². The van der Waals surface area contributed by atoms with Gasteiger partial charge in [-0.15, -0.1) is 0 Å². The van der Waals surface area contributed by atoms with Gasteiger partial charge in [0.1, 0.15) is 5.75 Å². The van der Waals surface area contributed by atoms with E-state index in [1.165, 1.54) is 6.07 Å². The predicted molar refractivity (Wildman–Crippen MR) is 68.3 cm³/mol. The fourth-order valence-electron chi connectivity index (χ4n) is 2.15. The van der Waals surface area contributed by atoms with Gasteiger partial charge in [0.15, 0.2) is 0 Å². The molecule has 1 saturated heterocycles. The molecule has 0 radical (unpaired) electrons. The number of hydrogen-bond acceptors (Lipinski definition) is 4. The predicted octanol–water partition coefficient (Wildman–Crippen LogP) is 2.01. The first kappa shape index (κ1) is 14.0. The Morgan fingerprint density at radius 3 is 2.68 bits per heavy atom. The Balaban J connectivity index is 2.16. The minimum Gasteiger partial charge on any atom is -0.434 e. The quantitative estimate of drug-likeness (QED) is 0.852. The number of ether oxygens (including phenoxy) is 2. The molecule has 2 rings (SSSR count). The van der Waals surface area contributed by atoms with E-state index >= 15 is 0 Å². The topological polar surface area (TPSA) is 47.7 Å².